The maximum absolute atomic E-state index is 12.2. The third-order valence-electron chi connectivity index (χ3n) is 5.47. The Morgan fingerprint density at radius 3 is 2.91 bits per heavy atom. The Balaban J connectivity index is 1.42. The van der Waals surface area contributed by atoms with E-state index in [9.17, 15) is 4.79 Å². The maximum atomic E-state index is 12.2. The lowest BCUT2D eigenvalue weighted by Crippen LogP contribution is -2.34. The minimum Gasteiger partial charge on any atom is -0.345 e. The zero-order chi connectivity index (χ0) is 16.0. The van der Waals surface area contributed by atoms with Crippen molar-refractivity contribution >= 4 is 22.8 Å². The molecule has 2 aromatic rings. The fourth-order valence-corrected chi connectivity index (χ4v) is 3.99. The second kappa shape index (κ2) is 5.41. The van der Waals surface area contributed by atoms with Gasteiger partial charge in [0, 0.05) is 12.2 Å². The molecule has 2 aliphatic rings. The van der Waals surface area contributed by atoms with Crippen molar-refractivity contribution in [3.63, 3.8) is 0 Å². The number of carbonyl (C=O) groups is 1. The molecule has 0 saturated heterocycles. The number of aromatic amines is 1. The predicted octanol–water partition coefficient (Wildman–Crippen LogP) is 3.51. The summed E-state index contributed by atoms with van der Waals surface area (Å²) in [4.78, 5) is 19.7. The number of hydrogen-bond acceptors (Lipinski definition) is 2. The molecule has 1 aromatic carbocycles. The van der Waals surface area contributed by atoms with Crippen molar-refractivity contribution in [3.05, 3.63) is 35.7 Å². The molecule has 5 nitrogen and oxygen atoms in total. The number of aryl methyl sites for hydroxylation is 1. The van der Waals surface area contributed by atoms with Gasteiger partial charge in [-0.2, -0.15) is 0 Å². The van der Waals surface area contributed by atoms with Gasteiger partial charge in [-0.3, -0.25) is 0 Å². The van der Waals surface area contributed by atoms with E-state index in [-0.39, 0.29) is 6.03 Å². The Morgan fingerprint density at radius 1 is 1.30 bits per heavy atom. The summed E-state index contributed by atoms with van der Waals surface area (Å²) in [5.41, 5.74) is 4.90. The van der Waals surface area contributed by atoms with E-state index in [1.807, 2.05) is 19.9 Å². The number of benzene rings is 1. The number of nitrogens with one attached hydrogen (secondary N) is 3. The molecule has 2 aliphatic carbocycles. The molecule has 2 amide bonds. The van der Waals surface area contributed by atoms with Gasteiger partial charge < -0.3 is 15.6 Å². The van der Waals surface area contributed by atoms with Gasteiger partial charge in [-0.25, -0.2) is 9.78 Å². The second-order valence-electron chi connectivity index (χ2n) is 6.85. The quantitative estimate of drug-likeness (QED) is 0.759. The van der Waals surface area contributed by atoms with Crippen LogP contribution in [0, 0.1) is 31.6 Å². The van der Waals surface area contributed by atoms with Crippen molar-refractivity contribution in [2.45, 2.75) is 26.7 Å². The van der Waals surface area contributed by atoms with E-state index in [1.165, 1.54) is 12.8 Å². The molecular weight excluding hydrogens is 288 g/mol. The summed E-state index contributed by atoms with van der Waals surface area (Å²) in [6, 6.07) is 1.82. The highest BCUT2D eigenvalue weighted by atomic mass is 16.2. The number of fused-ring (bicyclic) bond motifs is 3. The lowest BCUT2D eigenvalue weighted by atomic mass is 9.94. The SMILES string of the molecule is Cc1c(NC(=O)NC[C@@H]2C[C@@H]3C=C[C@H]2C3)cc2[nH]cnc2c1C. The highest BCUT2D eigenvalue weighted by molar-refractivity contribution is 5.94. The summed E-state index contributed by atoms with van der Waals surface area (Å²) in [7, 11) is 0. The number of carbonyl (C=O) groups excluding carboxylic acids is 1. The average molecular weight is 310 g/mol. The Bertz CT molecular complexity index is 792. The number of aromatic nitrogens is 2. The van der Waals surface area contributed by atoms with E-state index in [0.29, 0.717) is 11.8 Å². The largest absolute Gasteiger partial charge is 0.345 e. The molecule has 1 saturated carbocycles. The van der Waals surface area contributed by atoms with Crippen LogP contribution in [-0.4, -0.2) is 22.5 Å². The Kier molecular flexibility index (Phi) is 3.36. The van der Waals surface area contributed by atoms with Gasteiger partial charge >= 0.3 is 6.03 Å². The molecule has 3 N–H and O–H groups in total. The zero-order valence-electron chi connectivity index (χ0n) is 13.5. The first kappa shape index (κ1) is 14.3. The second-order valence-corrected chi connectivity index (χ2v) is 6.85. The topological polar surface area (TPSA) is 69.8 Å². The molecule has 0 radical (unpaired) electrons. The summed E-state index contributed by atoms with van der Waals surface area (Å²) in [6.07, 6.45) is 8.80. The van der Waals surface area contributed by atoms with Crippen molar-refractivity contribution in [1.29, 1.82) is 0 Å². The minimum atomic E-state index is -0.127. The molecule has 120 valence electrons. The molecule has 1 fully saturated rings. The molecule has 1 aromatic heterocycles. The van der Waals surface area contributed by atoms with Crippen LogP contribution in [0.1, 0.15) is 24.0 Å². The molecule has 0 spiro atoms. The lowest BCUT2D eigenvalue weighted by Gasteiger charge is -2.19. The van der Waals surface area contributed by atoms with Crippen LogP contribution in [0.5, 0.6) is 0 Å². The Hall–Kier alpha value is -2.30. The number of imidazole rings is 1. The number of urea groups is 1. The Morgan fingerprint density at radius 2 is 2.17 bits per heavy atom. The normalized spacial score (nSPS) is 25.2. The highest BCUT2D eigenvalue weighted by Gasteiger charge is 2.35. The van der Waals surface area contributed by atoms with Crippen molar-refractivity contribution in [2.75, 3.05) is 11.9 Å². The van der Waals surface area contributed by atoms with Crippen LogP contribution in [0.2, 0.25) is 0 Å². The van der Waals surface area contributed by atoms with E-state index in [0.717, 1.165) is 40.3 Å². The molecule has 2 bridgehead atoms. The number of rotatable bonds is 3. The molecule has 1 heterocycles. The number of allylic oxidation sites excluding steroid dienone is 2. The summed E-state index contributed by atoms with van der Waals surface area (Å²) in [5.74, 6) is 1.99. The van der Waals surface area contributed by atoms with Crippen LogP contribution in [0.25, 0.3) is 11.0 Å². The van der Waals surface area contributed by atoms with Crippen LogP contribution >= 0.6 is 0 Å². The van der Waals surface area contributed by atoms with Gasteiger partial charge in [0.1, 0.15) is 0 Å². The van der Waals surface area contributed by atoms with Crippen LogP contribution in [-0.2, 0) is 0 Å². The van der Waals surface area contributed by atoms with Gasteiger partial charge in [-0.05, 0) is 61.6 Å². The molecule has 3 atom stereocenters. The maximum Gasteiger partial charge on any atom is 0.319 e. The standard InChI is InChI=1S/C18H22N4O/c1-10-11(2)17-16(20-9-21-17)7-15(10)22-18(23)19-8-14-6-12-3-4-13(14)5-12/h3-4,7,9,12-14H,5-6,8H2,1-2H3,(H,20,21)(H2,19,22,23)/t12-,13+,14+/m1/s1. The van der Waals surface area contributed by atoms with Gasteiger partial charge in [0.25, 0.3) is 0 Å². The molecule has 0 aliphatic heterocycles. The first-order valence-corrected chi connectivity index (χ1v) is 8.28. The van der Waals surface area contributed by atoms with Crippen LogP contribution in [0.3, 0.4) is 0 Å². The summed E-state index contributed by atoms with van der Waals surface area (Å²) >= 11 is 0. The van der Waals surface area contributed by atoms with Crippen molar-refractivity contribution in [2.24, 2.45) is 17.8 Å². The average Bonchev–Trinajstić information content (AvgIpc) is 3.26. The van der Waals surface area contributed by atoms with E-state index in [1.54, 1.807) is 6.33 Å². The highest BCUT2D eigenvalue weighted by Crippen LogP contribution is 2.42. The fourth-order valence-electron chi connectivity index (χ4n) is 3.99. The monoisotopic (exact) mass is 310 g/mol. The van der Waals surface area contributed by atoms with Crippen LogP contribution in [0.4, 0.5) is 10.5 Å². The van der Waals surface area contributed by atoms with Gasteiger partial charge in [0.2, 0.25) is 0 Å². The van der Waals surface area contributed by atoms with Crippen LogP contribution in [0.15, 0.2) is 24.5 Å². The van der Waals surface area contributed by atoms with Gasteiger partial charge in [0.05, 0.1) is 17.4 Å². The molecular formula is C18H22N4O. The number of H-pyrrole nitrogens is 1. The van der Waals surface area contributed by atoms with Crippen molar-refractivity contribution < 1.29 is 4.79 Å². The third kappa shape index (κ3) is 2.50. The number of hydrogen-bond donors (Lipinski definition) is 3. The summed E-state index contributed by atoms with van der Waals surface area (Å²) in [6.45, 7) is 4.80. The predicted molar refractivity (Wildman–Crippen MR) is 91.4 cm³/mol. The van der Waals surface area contributed by atoms with E-state index >= 15 is 0 Å². The van der Waals surface area contributed by atoms with Gasteiger partial charge in [-0.1, -0.05) is 12.2 Å². The fraction of sp³-hybridized carbons (Fsp3) is 0.444. The first-order chi connectivity index (χ1) is 11.1. The molecule has 0 unspecified atom stereocenters. The van der Waals surface area contributed by atoms with Gasteiger partial charge in [-0.15, -0.1) is 0 Å². The summed E-state index contributed by atoms with van der Waals surface area (Å²) < 4.78 is 0. The lowest BCUT2D eigenvalue weighted by molar-refractivity contribution is 0.249. The zero-order valence-corrected chi connectivity index (χ0v) is 13.5. The third-order valence-corrected chi connectivity index (χ3v) is 5.47. The smallest absolute Gasteiger partial charge is 0.319 e. The number of amides is 2. The molecule has 5 heteroatoms. The first-order valence-electron chi connectivity index (χ1n) is 8.28. The minimum absolute atomic E-state index is 0.127. The van der Waals surface area contributed by atoms with Crippen molar-refractivity contribution in [1.82, 2.24) is 15.3 Å². The number of nitrogens with zero attached hydrogens (tertiary/aromatic N) is 1. The van der Waals surface area contributed by atoms with Gasteiger partial charge in [0.15, 0.2) is 0 Å². The van der Waals surface area contributed by atoms with Crippen molar-refractivity contribution in [3.8, 4) is 0 Å². The van der Waals surface area contributed by atoms with E-state index in [4.69, 9.17) is 0 Å². The Labute approximate surface area is 135 Å². The molecule has 23 heavy (non-hydrogen) atoms. The molecule has 4 rings (SSSR count). The van der Waals surface area contributed by atoms with Crippen LogP contribution < -0.4 is 10.6 Å². The van der Waals surface area contributed by atoms with E-state index in [2.05, 4.69) is 32.8 Å². The van der Waals surface area contributed by atoms with E-state index < -0.39 is 0 Å². The number of anilines is 1. The summed E-state index contributed by atoms with van der Waals surface area (Å²) in [5, 5.41) is 6.02.